The Morgan fingerprint density at radius 3 is 2.61 bits per heavy atom. The number of fused-ring (bicyclic) bond motifs is 1. The molecule has 7 rings (SSSR count). The number of carbonyl (C=O) groups is 2. The SMILES string of the molecule is N#CC1C2CC2CN1C(=O)C(N)C12CC3CC(CC(OC(=O)NCCCCc4ccccc4)(C3)C1)C2. The lowest BCUT2D eigenvalue weighted by Gasteiger charge is -2.62. The molecule has 1 aliphatic heterocycles. The Hall–Kier alpha value is -2.59. The Bertz CT molecular complexity index is 1040. The minimum absolute atomic E-state index is 0.0614. The van der Waals surface area contributed by atoms with Crippen LogP contribution in [0.1, 0.15) is 63.4 Å². The van der Waals surface area contributed by atoms with Crippen molar-refractivity contribution in [2.24, 2.45) is 34.8 Å². The molecule has 36 heavy (non-hydrogen) atoms. The van der Waals surface area contributed by atoms with Crippen LogP contribution in [0.3, 0.4) is 0 Å². The number of nitrogens with zero attached hydrogens (tertiary/aromatic N) is 2. The zero-order valence-electron chi connectivity index (χ0n) is 21.0. The molecule has 5 saturated carbocycles. The van der Waals surface area contributed by atoms with Gasteiger partial charge in [0, 0.05) is 13.1 Å². The number of rotatable bonds is 8. The fourth-order valence-electron chi connectivity index (χ4n) is 8.55. The third-order valence-corrected chi connectivity index (χ3v) is 9.86. The van der Waals surface area contributed by atoms with E-state index in [0.717, 1.165) is 57.8 Å². The van der Waals surface area contributed by atoms with Gasteiger partial charge in [0.15, 0.2) is 0 Å². The quantitative estimate of drug-likeness (QED) is 0.539. The van der Waals surface area contributed by atoms with Gasteiger partial charge in [0.2, 0.25) is 5.91 Å². The Labute approximate surface area is 213 Å². The second-order valence-corrected chi connectivity index (χ2v) is 12.5. The number of amides is 2. The van der Waals surface area contributed by atoms with E-state index in [0.29, 0.717) is 43.2 Å². The summed E-state index contributed by atoms with van der Waals surface area (Å²) in [4.78, 5) is 28.1. The first-order valence-corrected chi connectivity index (χ1v) is 13.9. The van der Waals surface area contributed by atoms with E-state index >= 15 is 0 Å². The first kappa shape index (κ1) is 23.8. The van der Waals surface area contributed by atoms with Gasteiger partial charge in [-0.2, -0.15) is 5.26 Å². The number of benzene rings is 1. The van der Waals surface area contributed by atoms with Crippen LogP contribution >= 0.6 is 0 Å². The summed E-state index contributed by atoms with van der Waals surface area (Å²) in [6.07, 6.45) is 9.07. The molecule has 1 aromatic rings. The Balaban J connectivity index is 1.06. The van der Waals surface area contributed by atoms with Gasteiger partial charge in [-0.25, -0.2) is 4.79 Å². The molecule has 0 aromatic heterocycles. The van der Waals surface area contributed by atoms with Gasteiger partial charge >= 0.3 is 6.09 Å². The highest BCUT2D eigenvalue weighted by atomic mass is 16.6. The molecule has 192 valence electrons. The molecular weight excluding hydrogens is 452 g/mol. The summed E-state index contributed by atoms with van der Waals surface area (Å²) in [5, 5.41) is 12.6. The zero-order valence-corrected chi connectivity index (χ0v) is 21.0. The lowest BCUT2D eigenvalue weighted by molar-refractivity contribution is -0.177. The summed E-state index contributed by atoms with van der Waals surface area (Å²) in [5.41, 5.74) is 7.24. The molecule has 1 heterocycles. The molecule has 3 N–H and O–H groups in total. The fourth-order valence-corrected chi connectivity index (χ4v) is 8.55. The summed E-state index contributed by atoms with van der Waals surface area (Å²) in [7, 11) is 0. The van der Waals surface area contributed by atoms with Crippen LogP contribution in [0.2, 0.25) is 0 Å². The van der Waals surface area contributed by atoms with E-state index in [1.165, 1.54) is 5.56 Å². The molecule has 1 saturated heterocycles. The molecule has 6 fully saturated rings. The molecule has 5 aliphatic carbocycles. The number of piperidine rings is 1. The van der Waals surface area contributed by atoms with E-state index < -0.39 is 11.6 Å². The van der Waals surface area contributed by atoms with Crippen LogP contribution in [-0.4, -0.2) is 47.7 Å². The van der Waals surface area contributed by atoms with Crippen LogP contribution in [0.5, 0.6) is 0 Å². The summed E-state index contributed by atoms with van der Waals surface area (Å²) in [6.45, 7) is 1.28. The van der Waals surface area contributed by atoms with Crippen molar-refractivity contribution in [3.05, 3.63) is 35.9 Å². The molecule has 1 aromatic carbocycles. The van der Waals surface area contributed by atoms with Crippen molar-refractivity contribution in [2.75, 3.05) is 13.1 Å². The van der Waals surface area contributed by atoms with Crippen LogP contribution < -0.4 is 11.1 Å². The third kappa shape index (κ3) is 4.28. The van der Waals surface area contributed by atoms with E-state index in [9.17, 15) is 14.9 Å². The van der Waals surface area contributed by atoms with E-state index in [1.54, 1.807) is 4.90 Å². The standard InChI is InChI=1S/C29H38N4O3/c30-16-24-23-11-22(23)17-33(24)26(34)25(31)28-12-20-10-21(13-28)15-29(14-20,18-28)36-27(35)32-9-5-4-8-19-6-2-1-3-7-19/h1-3,6-7,20-25H,4-5,8-15,17-18,31H2,(H,32,35). The average molecular weight is 491 g/mol. The number of carbonyl (C=O) groups excluding carboxylic acids is 2. The second-order valence-electron chi connectivity index (χ2n) is 12.5. The van der Waals surface area contributed by atoms with Crippen LogP contribution in [0.15, 0.2) is 30.3 Å². The number of unbranched alkanes of at least 4 members (excludes halogenated alkanes) is 1. The monoisotopic (exact) mass is 490 g/mol. The van der Waals surface area contributed by atoms with Crippen molar-refractivity contribution in [1.29, 1.82) is 5.26 Å². The summed E-state index contributed by atoms with van der Waals surface area (Å²) in [5.74, 6) is 1.65. The predicted octanol–water partition coefficient (Wildman–Crippen LogP) is 3.77. The number of nitriles is 1. The number of ether oxygens (including phenoxy) is 1. The molecule has 4 bridgehead atoms. The number of hydrogen-bond acceptors (Lipinski definition) is 5. The molecular formula is C29H38N4O3. The molecule has 7 nitrogen and oxygen atoms in total. The Kier molecular flexibility index (Phi) is 5.99. The van der Waals surface area contributed by atoms with E-state index in [1.807, 2.05) is 6.07 Å². The molecule has 0 radical (unpaired) electrons. The van der Waals surface area contributed by atoms with Gasteiger partial charge in [-0.15, -0.1) is 0 Å². The number of likely N-dealkylation sites (tertiary alicyclic amines) is 1. The lowest BCUT2D eigenvalue weighted by atomic mass is 9.46. The number of alkyl carbamates (subject to hydrolysis) is 1. The Morgan fingerprint density at radius 2 is 1.89 bits per heavy atom. The first-order chi connectivity index (χ1) is 17.4. The molecule has 6 unspecified atom stereocenters. The van der Waals surface area contributed by atoms with Crippen LogP contribution in [-0.2, 0) is 16.0 Å². The van der Waals surface area contributed by atoms with Gasteiger partial charge < -0.3 is 20.7 Å². The third-order valence-electron chi connectivity index (χ3n) is 9.86. The average Bonchev–Trinajstić information content (AvgIpc) is 3.52. The van der Waals surface area contributed by atoms with E-state index in [4.69, 9.17) is 10.5 Å². The highest BCUT2D eigenvalue weighted by molar-refractivity contribution is 5.84. The van der Waals surface area contributed by atoms with Crippen LogP contribution in [0.4, 0.5) is 4.79 Å². The van der Waals surface area contributed by atoms with Crippen molar-refractivity contribution >= 4 is 12.0 Å². The van der Waals surface area contributed by atoms with Crippen molar-refractivity contribution in [2.45, 2.75) is 81.9 Å². The highest BCUT2D eigenvalue weighted by Crippen LogP contribution is 2.64. The van der Waals surface area contributed by atoms with Gasteiger partial charge in [0.1, 0.15) is 11.6 Å². The van der Waals surface area contributed by atoms with Crippen molar-refractivity contribution < 1.29 is 14.3 Å². The van der Waals surface area contributed by atoms with Gasteiger partial charge in [-0.05, 0) is 98.9 Å². The molecule has 6 aliphatic rings. The normalized spacial score (nSPS) is 38.2. The second kappa shape index (κ2) is 9.06. The first-order valence-electron chi connectivity index (χ1n) is 13.9. The van der Waals surface area contributed by atoms with Gasteiger partial charge in [0.25, 0.3) is 0 Å². The maximum Gasteiger partial charge on any atom is 0.407 e. The zero-order chi connectivity index (χ0) is 24.9. The van der Waals surface area contributed by atoms with Gasteiger partial charge in [-0.1, -0.05) is 30.3 Å². The molecule has 2 amide bonds. The maximum absolute atomic E-state index is 13.6. The smallest absolute Gasteiger partial charge is 0.407 e. The van der Waals surface area contributed by atoms with Crippen LogP contribution in [0.25, 0.3) is 0 Å². The summed E-state index contributed by atoms with van der Waals surface area (Å²) in [6, 6.07) is 11.8. The fraction of sp³-hybridized carbons (Fsp3) is 0.690. The number of nitrogens with one attached hydrogen (secondary N) is 1. The Morgan fingerprint density at radius 1 is 1.14 bits per heavy atom. The maximum atomic E-state index is 13.6. The highest BCUT2D eigenvalue weighted by Gasteiger charge is 2.64. The number of aryl methyl sites for hydroxylation is 1. The van der Waals surface area contributed by atoms with E-state index in [-0.39, 0.29) is 23.5 Å². The minimum atomic E-state index is -0.624. The summed E-state index contributed by atoms with van der Waals surface area (Å²) >= 11 is 0. The summed E-state index contributed by atoms with van der Waals surface area (Å²) < 4.78 is 6.18. The number of hydrogen-bond donors (Lipinski definition) is 2. The van der Waals surface area contributed by atoms with Crippen molar-refractivity contribution in [1.82, 2.24) is 10.2 Å². The lowest BCUT2D eigenvalue weighted by Crippen LogP contribution is -2.65. The van der Waals surface area contributed by atoms with Crippen LogP contribution in [0, 0.1) is 40.4 Å². The van der Waals surface area contributed by atoms with Gasteiger partial charge in [-0.3, -0.25) is 4.79 Å². The molecule has 7 heteroatoms. The molecule has 0 spiro atoms. The topological polar surface area (TPSA) is 108 Å². The largest absolute Gasteiger partial charge is 0.443 e. The van der Waals surface area contributed by atoms with Crippen molar-refractivity contribution in [3.63, 3.8) is 0 Å². The van der Waals surface area contributed by atoms with E-state index in [2.05, 4.69) is 35.7 Å². The van der Waals surface area contributed by atoms with Gasteiger partial charge in [0.05, 0.1) is 12.1 Å². The predicted molar refractivity (Wildman–Crippen MR) is 134 cm³/mol. The molecule has 6 atom stereocenters. The van der Waals surface area contributed by atoms with Crippen molar-refractivity contribution in [3.8, 4) is 6.07 Å². The minimum Gasteiger partial charge on any atom is -0.443 e. The number of nitrogens with two attached hydrogens (primary N) is 1.